The van der Waals surface area contributed by atoms with Crippen LogP contribution in [0.4, 0.5) is 5.82 Å². The van der Waals surface area contributed by atoms with E-state index >= 15 is 0 Å². The predicted octanol–water partition coefficient (Wildman–Crippen LogP) is 3.29. The monoisotopic (exact) mass is 348 g/mol. The third kappa shape index (κ3) is 4.25. The third-order valence-corrected chi connectivity index (χ3v) is 3.69. The van der Waals surface area contributed by atoms with Crippen LogP contribution in [0.25, 0.3) is 0 Å². The molecule has 21 heavy (non-hydrogen) atoms. The van der Waals surface area contributed by atoms with E-state index < -0.39 is 0 Å². The van der Waals surface area contributed by atoms with Gasteiger partial charge in [-0.25, -0.2) is 4.98 Å². The normalized spacial score (nSPS) is 10.7. The van der Waals surface area contributed by atoms with Crippen molar-refractivity contribution in [1.82, 2.24) is 15.3 Å². The zero-order valence-corrected chi connectivity index (χ0v) is 14.3. The van der Waals surface area contributed by atoms with E-state index in [1.165, 1.54) is 5.56 Å². The minimum atomic E-state index is 0.767. The molecular weight excluding hydrogens is 328 g/mol. The van der Waals surface area contributed by atoms with Crippen LogP contribution in [0.1, 0.15) is 23.9 Å². The Labute approximate surface area is 134 Å². The van der Waals surface area contributed by atoms with Gasteiger partial charge in [-0.2, -0.15) is 0 Å². The summed E-state index contributed by atoms with van der Waals surface area (Å²) in [7, 11) is 1.95. The van der Waals surface area contributed by atoms with Crippen LogP contribution < -0.4 is 10.2 Å². The Balaban J connectivity index is 2.28. The van der Waals surface area contributed by atoms with E-state index in [0.717, 1.165) is 41.3 Å². The van der Waals surface area contributed by atoms with Crippen LogP contribution in [0, 0.1) is 6.92 Å². The zero-order valence-electron chi connectivity index (χ0n) is 12.7. The molecule has 0 aromatic carbocycles. The first-order valence-corrected chi connectivity index (χ1v) is 7.89. The Morgan fingerprint density at radius 1 is 1.33 bits per heavy atom. The SMILES string of the molecule is CCN(Cc1cccc(C)n1)c1ncc(Br)cc1CNC. The molecule has 0 fully saturated rings. The van der Waals surface area contributed by atoms with Crippen molar-refractivity contribution in [3.63, 3.8) is 0 Å². The first-order valence-electron chi connectivity index (χ1n) is 7.10. The summed E-state index contributed by atoms with van der Waals surface area (Å²) in [5.74, 6) is 1.01. The number of rotatable bonds is 6. The molecule has 4 nitrogen and oxygen atoms in total. The van der Waals surface area contributed by atoms with Crippen molar-refractivity contribution in [3.8, 4) is 0 Å². The molecule has 0 amide bonds. The van der Waals surface area contributed by atoms with Crippen LogP contribution >= 0.6 is 15.9 Å². The van der Waals surface area contributed by atoms with Crippen molar-refractivity contribution >= 4 is 21.7 Å². The minimum absolute atomic E-state index is 0.767. The highest BCUT2D eigenvalue weighted by Crippen LogP contribution is 2.23. The van der Waals surface area contributed by atoms with Gasteiger partial charge < -0.3 is 10.2 Å². The molecule has 0 aliphatic carbocycles. The number of hydrogen-bond acceptors (Lipinski definition) is 4. The van der Waals surface area contributed by atoms with E-state index in [1.807, 2.05) is 26.2 Å². The maximum atomic E-state index is 4.60. The van der Waals surface area contributed by atoms with E-state index in [0.29, 0.717) is 0 Å². The Morgan fingerprint density at radius 3 is 2.81 bits per heavy atom. The topological polar surface area (TPSA) is 41.1 Å². The number of nitrogens with zero attached hydrogens (tertiary/aromatic N) is 3. The molecule has 2 aromatic rings. The van der Waals surface area contributed by atoms with Gasteiger partial charge >= 0.3 is 0 Å². The average Bonchev–Trinajstić information content (AvgIpc) is 2.46. The van der Waals surface area contributed by atoms with Gasteiger partial charge in [0.1, 0.15) is 5.82 Å². The Kier molecular flexibility index (Phi) is 5.70. The van der Waals surface area contributed by atoms with Crippen LogP contribution in [0.3, 0.4) is 0 Å². The molecule has 112 valence electrons. The average molecular weight is 349 g/mol. The molecule has 0 bridgehead atoms. The largest absolute Gasteiger partial charge is 0.351 e. The molecule has 0 saturated carbocycles. The fourth-order valence-corrected chi connectivity index (χ4v) is 2.68. The molecule has 0 aliphatic rings. The van der Waals surface area contributed by atoms with Gasteiger partial charge in [0.05, 0.1) is 12.2 Å². The van der Waals surface area contributed by atoms with Crippen LogP contribution in [-0.2, 0) is 13.1 Å². The first kappa shape index (κ1) is 15.9. The first-order chi connectivity index (χ1) is 10.1. The van der Waals surface area contributed by atoms with E-state index in [-0.39, 0.29) is 0 Å². The quantitative estimate of drug-likeness (QED) is 0.869. The molecule has 0 radical (unpaired) electrons. The molecular formula is C16H21BrN4. The highest BCUT2D eigenvalue weighted by atomic mass is 79.9. The van der Waals surface area contributed by atoms with Gasteiger partial charge in [0.15, 0.2) is 0 Å². The maximum absolute atomic E-state index is 4.60. The van der Waals surface area contributed by atoms with Crippen LogP contribution in [-0.4, -0.2) is 23.6 Å². The molecule has 2 aromatic heterocycles. The lowest BCUT2D eigenvalue weighted by Crippen LogP contribution is -2.26. The van der Waals surface area contributed by atoms with Crippen molar-refractivity contribution in [2.24, 2.45) is 0 Å². The predicted molar refractivity (Wildman–Crippen MR) is 90.4 cm³/mol. The standard InChI is InChI=1S/C16H21BrN4/c1-4-21(11-15-7-5-6-12(2)20-15)16-13(9-18-3)8-14(17)10-19-16/h5-8,10,18H,4,9,11H2,1-3H3. The summed E-state index contributed by atoms with van der Waals surface area (Å²) < 4.78 is 1.00. The Morgan fingerprint density at radius 2 is 2.14 bits per heavy atom. The van der Waals surface area contributed by atoms with E-state index in [2.05, 4.69) is 61.2 Å². The Hall–Kier alpha value is -1.46. The number of aromatic nitrogens is 2. The molecule has 2 heterocycles. The van der Waals surface area contributed by atoms with Crippen molar-refractivity contribution < 1.29 is 0 Å². The molecule has 0 saturated heterocycles. The number of hydrogen-bond donors (Lipinski definition) is 1. The van der Waals surface area contributed by atoms with Gasteiger partial charge in [-0.15, -0.1) is 0 Å². The Bertz CT molecular complexity index is 601. The number of aryl methyl sites for hydroxylation is 1. The highest BCUT2D eigenvalue weighted by Gasteiger charge is 2.13. The van der Waals surface area contributed by atoms with Crippen LogP contribution in [0.2, 0.25) is 0 Å². The van der Waals surface area contributed by atoms with Crippen LogP contribution in [0.5, 0.6) is 0 Å². The summed E-state index contributed by atoms with van der Waals surface area (Å²) in [5.41, 5.74) is 3.29. The van der Waals surface area contributed by atoms with Crippen molar-refractivity contribution in [1.29, 1.82) is 0 Å². The second-order valence-corrected chi connectivity index (χ2v) is 5.87. The smallest absolute Gasteiger partial charge is 0.133 e. The summed E-state index contributed by atoms with van der Waals surface area (Å²) in [6.45, 7) is 6.61. The fourth-order valence-electron chi connectivity index (χ4n) is 2.30. The minimum Gasteiger partial charge on any atom is -0.351 e. The summed E-state index contributed by atoms with van der Waals surface area (Å²) in [4.78, 5) is 11.4. The summed E-state index contributed by atoms with van der Waals surface area (Å²) >= 11 is 3.49. The summed E-state index contributed by atoms with van der Waals surface area (Å²) in [6, 6.07) is 8.25. The van der Waals surface area contributed by atoms with Gasteiger partial charge in [0, 0.05) is 35.0 Å². The van der Waals surface area contributed by atoms with Gasteiger partial charge in [-0.3, -0.25) is 4.98 Å². The molecule has 5 heteroatoms. The number of anilines is 1. The molecule has 0 aliphatic heterocycles. The van der Waals surface area contributed by atoms with Crippen molar-refractivity contribution in [3.05, 3.63) is 51.9 Å². The molecule has 0 unspecified atom stereocenters. The second-order valence-electron chi connectivity index (χ2n) is 4.95. The van der Waals surface area contributed by atoms with E-state index in [1.54, 1.807) is 0 Å². The van der Waals surface area contributed by atoms with E-state index in [4.69, 9.17) is 0 Å². The highest BCUT2D eigenvalue weighted by molar-refractivity contribution is 9.10. The number of nitrogens with one attached hydrogen (secondary N) is 1. The summed E-state index contributed by atoms with van der Waals surface area (Å²) in [5, 5.41) is 3.20. The fraction of sp³-hybridized carbons (Fsp3) is 0.375. The maximum Gasteiger partial charge on any atom is 0.133 e. The van der Waals surface area contributed by atoms with Crippen molar-refractivity contribution in [2.75, 3.05) is 18.5 Å². The molecule has 2 rings (SSSR count). The van der Waals surface area contributed by atoms with Gasteiger partial charge in [0.25, 0.3) is 0 Å². The van der Waals surface area contributed by atoms with Gasteiger partial charge in [-0.05, 0) is 55.0 Å². The van der Waals surface area contributed by atoms with Gasteiger partial charge in [0.2, 0.25) is 0 Å². The summed E-state index contributed by atoms with van der Waals surface area (Å²) in [6.07, 6.45) is 1.85. The molecule has 0 spiro atoms. The lowest BCUT2D eigenvalue weighted by Gasteiger charge is -2.24. The van der Waals surface area contributed by atoms with Gasteiger partial charge in [-0.1, -0.05) is 6.07 Å². The number of halogens is 1. The lowest BCUT2D eigenvalue weighted by atomic mass is 10.2. The van der Waals surface area contributed by atoms with Crippen molar-refractivity contribution in [2.45, 2.75) is 26.9 Å². The molecule has 1 N–H and O–H groups in total. The molecule has 0 atom stereocenters. The third-order valence-electron chi connectivity index (χ3n) is 3.26. The van der Waals surface area contributed by atoms with E-state index in [9.17, 15) is 0 Å². The second kappa shape index (κ2) is 7.52. The number of pyridine rings is 2. The zero-order chi connectivity index (χ0) is 15.2. The van der Waals surface area contributed by atoms with Crippen LogP contribution in [0.15, 0.2) is 34.9 Å². The lowest BCUT2D eigenvalue weighted by molar-refractivity contribution is 0.758.